The van der Waals surface area contributed by atoms with Gasteiger partial charge in [-0.05, 0) is 25.0 Å². The first-order valence-corrected chi connectivity index (χ1v) is 8.42. The first kappa shape index (κ1) is 18.9. The van der Waals surface area contributed by atoms with E-state index in [-0.39, 0.29) is 11.9 Å². The molecule has 1 aromatic rings. The average Bonchev–Trinajstić information content (AvgIpc) is 3.09. The zero-order valence-electron chi connectivity index (χ0n) is 15.5. The molecule has 0 aromatic heterocycles. The first-order chi connectivity index (χ1) is 11.9. The van der Waals surface area contributed by atoms with Gasteiger partial charge in [0.1, 0.15) is 0 Å². The van der Waals surface area contributed by atoms with Gasteiger partial charge in [0.2, 0.25) is 5.91 Å². The van der Waals surface area contributed by atoms with Crippen LogP contribution >= 0.6 is 0 Å². The minimum absolute atomic E-state index is 0.132. The monoisotopic (exact) mass is 348 g/mol. The number of ether oxygens (including phenoxy) is 2. The van der Waals surface area contributed by atoms with E-state index in [0.29, 0.717) is 18.0 Å². The predicted molar refractivity (Wildman–Crippen MR) is 99.3 cm³/mol. The Bertz CT molecular complexity index is 637. The number of hydrogen-bond acceptors (Lipinski definition) is 4. The standard InChI is InChI=1S/C18H28N4O3/c1-22(2)16(23)18(9-5-6-10-18)12-20-17(19)21-13-7-8-14(24-3)15(11-13)25-4/h7-8,11H,5-6,9-10,12H2,1-4H3,(H3,19,20,21). The van der Waals surface area contributed by atoms with Gasteiger partial charge in [-0.15, -0.1) is 0 Å². The highest BCUT2D eigenvalue weighted by molar-refractivity contribution is 5.93. The molecule has 7 nitrogen and oxygen atoms in total. The van der Waals surface area contributed by atoms with Crippen molar-refractivity contribution in [3.05, 3.63) is 18.2 Å². The minimum atomic E-state index is -0.423. The molecule has 0 unspecified atom stereocenters. The van der Waals surface area contributed by atoms with E-state index in [4.69, 9.17) is 15.2 Å². The van der Waals surface area contributed by atoms with Crippen molar-refractivity contribution in [1.82, 2.24) is 4.90 Å². The Kier molecular flexibility index (Phi) is 6.12. The van der Waals surface area contributed by atoms with E-state index in [1.54, 1.807) is 45.3 Å². The van der Waals surface area contributed by atoms with E-state index in [1.165, 1.54) is 0 Å². The van der Waals surface area contributed by atoms with E-state index in [0.717, 1.165) is 31.4 Å². The molecule has 2 rings (SSSR count). The molecule has 0 heterocycles. The summed E-state index contributed by atoms with van der Waals surface area (Å²) in [4.78, 5) is 18.6. The second kappa shape index (κ2) is 8.09. The van der Waals surface area contributed by atoms with Crippen LogP contribution < -0.4 is 20.5 Å². The molecule has 138 valence electrons. The maximum absolute atomic E-state index is 12.6. The summed E-state index contributed by atoms with van der Waals surface area (Å²) in [5, 5.41) is 3.04. The third-order valence-corrected chi connectivity index (χ3v) is 4.63. The number of amides is 1. The normalized spacial score (nSPS) is 16.4. The molecule has 1 aliphatic rings. The molecule has 1 aliphatic carbocycles. The van der Waals surface area contributed by atoms with E-state index in [9.17, 15) is 4.79 Å². The summed E-state index contributed by atoms with van der Waals surface area (Å²) >= 11 is 0. The van der Waals surface area contributed by atoms with Gasteiger partial charge >= 0.3 is 0 Å². The summed E-state index contributed by atoms with van der Waals surface area (Å²) < 4.78 is 10.5. The molecule has 0 saturated heterocycles. The van der Waals surface area contributed by atoms with Crippen LogP contribution in [-0.2, 0) is 4.79 Å². The average molecular weight is 348 g/mol. The largest absolute Gasteiger partial charge is 0.493 e. The lowest BCUT2D eigenvalue weighted by Gasteiger charge is -2.29. The van der Waals surface area contributed by atoms with Crippen LogP contribution in [0.25, 0.3) is 0 Å². The van der Waals surface area contributed by atoms with Crippen molar-refractivity contribution >= 4 is 17.6 Å². The molecule has 0 spiro atoms. The fourth-order valence-corrected chi connectivity index (χ4v) is 3.30. The Hall–Kier alpha value is -2.44. The molecule has 1 saturated carbocycles. The van der Waals surface area contributed by atoms with Gasteiger partial charge in [0, 0.05) is 25.8 Å². The Morgan fingerprint density at radius 2 is 1.88 bits per heavy atom. The number of nitrogens with zero attached hydrogens (tertiary/aromatic N) is 2. The van der Waals surface area contributed by atoms with Gasteiger partial charge in [0.25, 0.3) is 0 Å². The molecule has 7 heteroatoms. The highest BCUT2D eigenvalue weighted by Gasteiger charge is 2.41. The quantitative estimate of drug-likeness (QED) is 0.607. The Labute approximate surface area is 149 Å². The Morgan fingerprint density at radius 1 is 1.24 bits per heavy atom. The highest BCUT2D eigenvalue weighted by Crippen LogP contribution is 2.39. The first-order valence-electron chi connectivity index (χ1n) is 8.42. The summed E-state index contributed by atoms with van der Waals surface area (Å²) in [7, 11) is 6.74. The van der Waals surface area contributed by atoms with Crippen LogP contribution in [0.5, 0.6) is 11.5 Å². The van der Waals surface area contributed by atoms with Crippen LogP contribution in [0.3, 0.4) is 0 Å². The molecule has 0 atom stereocenters. The number of nitrogens with one attached hydrogen (secondary N) is 1. The summed E-state index contributed by atoms with van der Waals surface area (Å²) in [5.74, 6) is 1.66. The lowest BCUT2D eigenvalue weighted by Crippen LogP contribution is -2.41. The third kappa shape index (κ3) is 4.35. The molecular formula is C18H28N4O3. The summed E-state index contributed by atoms with van der Waals surface area (Å²) in [6.07, 6.45) is 3.82. The number of guanidine groups is 1. The Morgan fingerprint density at radius 3 is 2.44 bits per heavy atom. The van der Waals surface area contributed by atoms with Crippen molar-refractivity contribution in [3.63, 3.8) is 0 Å². The topological polar surface area (TPSA) is 89.2 Å². The van der Waals surface area contributed by atoms with E-state index in [2.05, 4.69) is 10.3 Å². The van der Waals surface area contributed by atoms with Crippen molar-refractivity contribution in [1.29, 1.82) is 0 Å². The van der Waals surface area contributed by atoms with Gasteiger partial charge in [-0.2, -0.15) is 0 Å². The van der Waals surface area contributed by atoms with Gasteiger partial charge in [-0.3, -0.25) is 9.79 Å². The summed E-state index contributed by atoms with van der Waals surface area (Å²) in [6, 6.07) is 5.42. The zero-order valence-corrected chi connectivity index (χ0v) is 15.5. The highest BCUT2D eigenvalue weighted by atomic mass is 16.5. The molecular weight excluding hydrogens is 320 g/mol. The SMILES string of the molecule is COc1ccc(NC(N)=NCC2(C(=O)N(C)C)CCCC2)cc1OC. The summed E-state index contributed by atoms with van der Waals surface area (Å²) in [5.41, 5.74) is 6.35. The minimum Gasteiger partial charge on any atom is -0.493 e. The molecule has 25 heavy (non-hydrogen) atoms. The number of rotatable bonds is 6. The van der Waals surface area contributed by atoms with Crippen LogP contribution in [0.2, 0.25) is 0 Å². The molecule has 3 N–H and O–H groups in total. The smallest absolute Gasteiger partial charge is 0.230 e. The molecule has 1 fully saturated rings. The number of hydrogen-bond donors (Lipinski definition) is 2. The molecule has 1 amide bonds. The van der Waals surface area contributed by atoms with E-state index in [1.807, 2.05) is 6.07 Å². The second-order valence-corrected chi connectivity index (χ2v) is 6.58. The van der Waals surface area contributed by atoms with Gasteiger partial charge < -0.3 is 25.4 Å². The fraction of sp³-hybridized carbons (Fsp3) is 0.556. The van der Waals surface area contributed by atoms with E-state index < -0.39 is 5.41 Å². The molecule has 1 aromatic carbocycles. The number of benzene rings is 1. The van der Waals surface area contributed by atoms with Crippen LogP contribution in [0.4, 0.5) is 5.69 Å². The second-order valence-electron chi connectivity index (χ2n) is 6.58. The third-order valence-electron chi connectivity index (χ3n) is 4.63. The maximum atomic E-state index is 12.6. The predicted octanol–water partition coefficient (Wildman–Crippen LogP) is 2.08. The zero-order chi connectivity index (χ0) is 18.4. The van der Waals surface area contributed by atoms with Crippen molar-refractivity contribution in [3.8, 4) is 11.5 Å². The van der Waals surface area contributed by atoms with E-state index >= 15 is 0 Å². The van der Waals surface area contributed by atoms with Crippen LogP contribution in [0.1, 0.15) is 25.7 Å². The van der Waals surface area contributed by atoms with Crippen molar-refractivity contribution in [2.24, 2.45) is 16.1 Å². The van der Waals surface area contributed by atoms with Crippen LogP contribution in [0, 0.1) is 5.41 Å². The fourth-order valence-electron chi connectivity index (χ4n) is 3.30. The van der Waals surface area contributed by atoms with Gasteiger partial charge in [0.05, 0.1) is 26.2 Å². The van der Waals surface area contributed by atoms with Crippen LogP contribution in [-0.4, -0.2) is 51.6 Å². The summed E-state index contributed by atoms with van der Waals surface area (Å²) in [6.45, 7) is 0.399. The number of methoxy groups -OCH3 is 2. The Balaban J connectivity index is 2.09. The van der Waals surface area contributed by atoms with Gasteiger partial charge in [0.15, 0.2) is 17.5 Å². The molecule has 0 bridgehead atoms. The van der Waals surface area contributed by atoms with Crippen LogP contribution in [0.15, 0.2) is 23.2 Å². The maximum Gasteiger partial charge on any atom is 0.230 e. The number of anilines is 1. The lowest BCUT2D eigenvalue weighted by molar-refractivity contribution is -0.138. The molecule has 0 aliphatic heterocycles. The number of carbonyl (C=O) groups excluding carboxylic acids is 1. The van der Waals surface area contributed by atoms with Gasteiger partial charge in [-0.25, -0.2) is 0 Å². The van der Waals surface area contributed by atoms with Gasteiger partial charge in [-0.1, -0.05) is 12.8 Å². The van der Waals surface area contributed by atoms with Crippen molar-refractivity contribution in [2.45, 2.75) is 25.7 Å². The van der Waals surface area contributed by atoms with Crippen molar-refractivity contribution in [2.75, 3.05) is 40.2 Å². The number of carbonyl (C=O) groups is 1. The number of nitrogens with two attached hydrogens (primary N) is 1. The lowest BCUT2D eigenvalue weighted by atomic mass is 9.85. The number of aliphatic imine (C=N–C) groups is 1. The van der Waals surface area contributed by atoms with Crippen molar-refractivity contribution < 1.29 is 14.3 Å². The molecule has 0 radical (unpaired) electrons.